The normalized spacial score (nSPS) is 15.8. The number of carbonyl (C=O) groups excluding carboxylic acids is 1. The van der Waals surface area contributed by atoms with Crippen LogP contribution in [0.25, 0.3) is 0 Å². The Morgan fingerprint density at radius 2 is 1.71 bits per heavy atom. The smallest absolute Gasteiger partial charge is 0.270 e. The zero-order valence-corrected chi connectivity index (χ0v) is 21.1. The van der Waals surface area contributed by atoms with E-state index in [0.717, 1.165) is 47.2 Å². The van der Waals surface area contributed by atoms with Crippen LogP contribution in [-0.2, 0) is 10.0 Å². The SMILES string of the molecule is Cc1ccc(C(=O)Nc2nnc(S(=O)(=O)NC(C)c3ccc(N4CCC(C)CC4)cc3)s2)cc1. The largest absolute Gasteiger partial charge is 0.372 e. The maximum absolute atomic E-state index is 12.8. The number of anilines is 2. The van der Waals surface area contributed by atoms with Gasteiger partial charge in [-0.3, -0.25) is 10.1 Å². The Balaban J connectivity index is 1.38. The number of nitrogens with zero attached hydrogens (tertiary/aromatic N) is 3. The molecule has 1 amide bonds. The predicted molar refractivity (Wildman–Crippen MR) is 135 cm³/mol. The van der Waals surface area contributed by atoms with Crippen molar-refractivity contribution in [3.05, 3.63) is 65.2 Å². The lowest BCUT2D eigenvalue weighted by atomic mass is 9.98. The van der Waals surface area contributed by atoms with Crippen molar-refractivity contribution in [2.24, 2.45) is 5.92 Å². The number of hydrogen-bond acceptors (Lipinski definition) is 7. The number of piperidine rings is 1. The van der Waals surface area contributed by atoms with E-state index in [9.17, 15) is 13.2 Å². The Bertz CT molecular complexity index is 1230. The third kappa shape index (κ3) is 5.81. The molecule has 180 valence electrons. The lowest BCUT2D eigenvalue weighted by molar-refractivity contribution is 0.102. The second-order valence-electron chi connectivity index (χ2n) is 8.80. The van der Waals surface area contributed by atoms with Crippen LogP contribution in [0.2, 0.25) is 0 Å². The monoisotopic (exact) mass is 499 g/mol. The van der Waals surface area contributed by atoms with Crippen molar-refractivity contribution in [2.75, 3.05) is 23.3 Å². The van der Waals surface area contributed by atoms with Crippen LogP contribution < -0.4 is 14.9 Å². The van der Waals surface area contributed by atoms with E-state index in [0.29, 0.717) is 5.56 Å². The molecule has 34 heavy (non-hydrogen) atoms. The summed E-state index contributed by atoms with van der Waals surface area (Å²) in [5, 5.41) is 10.3. The van der Waals surface area contributed by atoms with E-state index in [4.69, 9.17) is 0 Å². The average molecular weight is 500 g/mol. The van der Waals surface area contributed by atoms with Gasteiger partial charge in [0, 0.05) is 30.4 Å². The maximum atomic E-state index is 12.8. The number of hydrogen-bond donors (Lipinski definition) is 2. The molecule has 0 spiro atoms. The van der Waals surface area contributed by atoms with Gasteiger partial charge in [0.25, 0.3) is 15.9 Å². The van der Waals surface area contributed by atoms with Gasteiger partial charge in [0.1, 0.15) is 0 Å². The Labute approximate surface area is 204 Å². The minimum absolute atomic E-state index is 0.124. The van der Waals surface area contributed by atoms with E-state index < -0.39 is 16.1 Å². The molecular weight excluding hydrogens is 470 g/mol. The minimum Gasteiger partial charge on any atom is -0.372 e. The minimum atomic E-state index is -3.90. The van der Waals surface area contributed by atoms with Crippen molar-refractivity contribution in [2.45, 2.75) is 44.0 Å². The topological polar surface area (TPSA) is 104 Å². The van der Waals surface area contributed by atoms with Crippen LogP contribution in [0.15, 0.2) is 52.9 Å². The molecule has 1 unspecified atom stereocenters. The molecule has 3 aromatic rings. The molecule has 2 N–H and O–H groups in total. The summed E-state index contributed by atoms with van der Waals surface area (Å²) in [5.41, 5.74) is 3.51. The number of carbonyl (C=O) groups is 1. The number of aromatic nitrogens is 2. The molecule has 8 nitrogen and oxygen atoms in total. The van der Waals surface area contributed by atoms with E-state index in [1.807, 2.05) is 43.3 Å². The van der Waals surface area contributed by atoms with Gasteiger partial charge in [0.05, 0.1) is 0 Å². The average Bonchev–Trinajstić information content (AvgIpc) is 3.29. The van der Waals surface area contributed by atoms with Gasteiger partial charge in [0.2, 0.25) is 9.47 Å². The van der Waals surface area contributed by atoms with Crippen LogP contribution in [-0.4, -0.2) is 37.6 Å². The van der Waals surface area contributed by atoms with Crippen LogP contribution in [0, 0.1) is 12.8 Å². The van der Waals surface area contributed by atoms with Gasteiger partial charge >= 0.3 is 0 Å². The summed E-state index contributed by atoms with van der Waals surface area (Å²) in [4.78, 5) is 14.7. The van der Waals surface area contributed by atoms with Crippen LogP contribution in [0.1, 0.15) is 54.2 Å². The second kappa shape index (κ2) is 10.2. The molecule has 1 aromatic heterocycles. The van der Waals surface area contributed by atoms with Gasteiger partial charge in [-0.25, -0.2) is 13.1 Å². The number of rotatable bonds is 7. The van der Waals surface area contributed by atoms with Crippen molar-refractivity contribution >= 4 is 38.1 Å². The molecule has 1 saturated heterocycles. The fourth-order valence-electron chi connectivity index (χ4n) is 3.83. The van der Waals surface area contributed by atoms with E-state index in [1.165, 1.54) is 12.8 Å². The maximum Gasteiger partial charge on any atom is 0.270 e. The lowest BCUT2D eigenvalue weighted by Crippen LogP contribution is -2.32. The molecule has 4 rings (SSSR count). The first-order valence-corrected chi connectivity index (χ1v) is 13.6. The van der Waals surface area contributed by atoms with Gasteiger partial charge in [-0.05, 0) is 62.4 Å². The molecule has 1 fully saturated rings. The highest BCUT2D eigenvalue weighted by Crippen LogP contribution is 2.26. The molecule has 1 aliphatic rings. The molecule has 0 bridgehead atoms. The molecule has 10 heteroatoms. The number of nitrogens with one attached hydrogen (secondary N) is 2. The summed E-state index contributed by atoms with van der Waals surface area (Å²) in [7, 11) is -3.90. The van der Waals surface area contributed by atoms with Crippen molar-refractivity contribution in [3.8, 4) is 0 Å². The quantitative estimate of drug-likeness (QED) is 0.468. The number of amides is 1. The fraction of sp³-hybridized carbons (Fsp3) is 0.375. The number of benzene rings is 2. The van der Waals surface area contributed by atoms with E-state index >= 15 is 0 Å². The third-order valence-electron chi connectivity index (χ3n) is 6.04. The summed E-state index contributed by atoms with van der Waals surface area (Å²) >= 11 is 0.813. The second-order valence-corrected chi connectivity index (χ2v) is 11.7. The summed E-state index contributed by atoms with van der Waals surface area (Å²) in [6.07, 6.45) is 2.38. The van der Waals surface area contributed by atoms with Crippen molar-refractivity contribution < 1.29 is 13.2 Å². The Kier molecular flexibility index (Phi) is 7.30. The highest BCUT2D eigenvalue weighted by molar-refractivity contribution is 7.91. The summed E-state index contributed by atoms with van der Waals surface area (Å²) in [6, 6.07) is 14.6. The Morgan fingerprint density at radius 3 is 2.35 bits per heavy atom. The van der Waals surface area contributed by atoms with Crippen molar-refractivity contribution in [1.82, 2.24) is 14.9 Å². The van der Waals surface area contributed by atoms with Crippen molar-refractivity contribution in [1.29, 1.82) is 0 Å². The highest BCUT2D eigenvalue weighted by Gasteiger charge is 2.24. The summed E-state index contributed by atoms with van der Waals surface area (Å²) in [5.74, 6) is 0.395. The van der Waals surface area contributed by atoms with Gasteiger partial charge < -0.3 is 4.90 Å². The first-order valence-electron chi connectivity index (χ1n) is 11.3. The third-order valence-corrected chi connectivity index (χ3v) is 8.79. The van der Waals surface area contributed by atoms with Gasteiger partial charge in [-0.1, -0.05) is 48.1 Å². The van der Waals surface area contributed by atoms with Gasteiger partial charge in [0.15, 0.2) is 0 Å². The van der Waals surface area contributed by atoms with Crippen LogP contribution >= 0.6 is 11.3 Å². The molecule has 0 radical (unpaired) electrons. The summed E-state index contributed by atoms with van der Waals surface area (Å²) < 4.78 is 28.1. The summed E-state index contributed by atoms with van der Waals surface area (Å²) in [6.45, 7) is 8.09. The van der Waals surface area contributed by atoms with Crippen LogP contribution in [0.4, 0.5) is 10.8 Å². The Morgan fingerprint density at radius 1 is 1.06 bits per heavy atom. The first-order chi connectivity index (χ1) is 16.2. The lowest BCUT2D eigenvalue weighted by Gasteiger charge is -2.32. The molecule has 2 heterocycles. The van der Waals surface area contributed by atoms with Crippen LogP contribution in [0.3, 0.4) is 0 Å². The highest BCUT2D eigenvalue weighted by atomic mass is 32.2. The number of sulfonamides is 1. The van der Waals surface area contributed by atoms with Crippen LogP contribution in [0.5, 0.6) is 0 Å². The molecule has 0 aliphatic carbocycles. The van der Waals surface area contributed by atoms with E-state index in [2.05, 4.69) is 32.1 Å². The standard InChI is InChI=1S/C24H29N5O3S2/c1-16-4-6-20(7-5-16)22(30)25-23-26-27-24(33-23)34(31,32)28-18(3)19-8-10-21(11-9-19)29-14-12-17(2)13-15-29/h4-11,17-18,28H,12-15H2,1-3H3,(H,25,26,30). The molecule has 0 saturated carbocycles. The zero-order valence-electron chi connectivity index (χ0n) is 19.5. The fourth-order valence-corrected chi connectivity index (χ4v) is 5.98. The predicted octanol–water partition coefficient (Wildman–Crippen LogP) is 4.37. The molecular formula is C24H29N5O3S2. The Hall–Kier alpha value is -2.82. The molecule has 2 aromatic carbocycles. The van der Waals surface area contributed by atoms with Gasteiger partial charge in [-0.15, -0.1) is 10.2 Å². The number of aryl methyl sites for hydroxylation is 1. The van der Waals surface area contributed by atoms with E-state index in [-0.39, 0.29) is 15.4 Å². The zero-order chi connectivity index (χ0) is 24.3. The van der Waals surface area contributed by atoms with E-state index in [1.54, 1.807) is 19.1 Å². The van der Waals surface area contributed by atoms with Gasteiger partial charge in [-0.2, -0.15) is 0 Å². The first kappa shape index (κ1) is 24.3. The molecule has 1 atom stereocenters. The van der Waals surface area contributed by atoms with Crippen molar-refractivity contribution in [3.63, 3.8) is 0 Å². The molecule has 1 aliphatic heterocycles.